The molecule has 0 amide bonds. The van der Waals surface area contributed by atoms with Gasteiger partial charge in [0.15, 0.2) is 10.8 Å². The summed E-state index contributed by atoms with van der Waals surface area (Å²) < 4.78 is 37.8. The van der Waals surface area contributed by atoms with Gasteiger partial charge in [0.2, 0.25) is 5.95 Å². The van der Waals surface area contributed by atoms with Gasteiger partial charge >= 0.3 is 6.18 Å². The number of thioether (sulfide) groups is 1. The van der Waals surface area contributed by atoms with Gasteiger partial charge in [-0.05, 0) is 0 Å². The third-order valence-corrected chi connectivity index (χ3v) is 2.34. The number of halogens is 3. The summed E-state index contributed by atoms with van der Waals surface area (Å²) in [7, 11) is 0. The van der Waals surface area contributed by atoms with Crippen LogP contribution in [0.2, 0.25) is 0 Å². The molecule has 0 saturated heterocycles. The number of aromatic nitrogens is 2. The molecule has 0 atom stereocenters. The minimum atomic E-state index is -4.64. The van der Waals surface area contributed by atoms with Gasteiger partial charge in [-0.15, -0.1) is 0 Å². The highest BCUT2D eigenvalue weighted by molar-refractivity contribution is 8.13. The van der Waals surface area contributed by atoms with Gasteiger partial charge in [0, 0.05) is 13.1 Å². The topological polar surface area (TPSA) is 68.9 Å². The molecule has 0 fully saturated rings. The molecule has 18 heavy (non-hydrogen) atoms. The molecule has 0 aliphatic heterocycles. The lowest BCUT2D eigenvalue weighted by Crippen LogP contribution is -2.13. The van der Waals surface area contributed by atoms with Crippen molar-refractivity contribution in [3.8, 4) is 11.8 Å². The van der Waals surface area contributed by atoms with E-state index in [1.165, 1.54) is 6.92 Å². The summed E-state index contributed by atoms with van der Waals surface area (Å²) in [6.07, 6.45) is -3.73. The van der Waals surface area contributed by atoms with Crippen LogP contribution in [0.3, 0.4) is 0 Å². The quantitative estimate of drug-likeness (QED) is 0.790. The van der Waals surface area contributed by atoms with Gasteiger partial charge in [-0.25, -0.2) is 9.97 Å². The van der Waals surface area contributed by atoms with Crippen molar-refractivity contribution in [1.29, 1.82) is 0 Å². The molecule has 1 heterocycles. The van der Waals surface area contributed by atoms with Gasteiger partial charge in [0.05, 0.1) is 11.3 Å². The van der Waals surface area contributed by atoms with Gasteiger partial charge < -0.3 is 5.73 Å². The molecule has 0 aromatic carbocycles. The third-order valence-electron chi connectivity index (χ3n) is 1.65. The minimum absolute atomic E-state index is 0.108. The van der Waals surface area contributed by atoms with E-state index in [9.17, 15) is 18.0 Å². The third kappa shape index (κ3) is 4.25. The maximum atomic E-state index is 12.6. The number of carbonyl (C=O) groups is 1. The zero-order chi connectivity index (χ0) is 13.8. The average Bonchev–Trinajstić information content (AvgIpc) is 2.24. The Kier molecular flexibility index (Phi) is 4.55. The van der Waals surface area contributed by atoms with Gasteiger partial charge in [-0.1, -0.05) is 23.6 Å². The fourth-order valence-electron chi connectivity index (χ4n) is 0.972. The Morgan fingerprint density at radius 3 is 2.78 bits per heavy atom. The van der Waals surface area contributed by atoms with Crippen molar-refractivity contribution >= 4 is 22.8 Å². The number of rotatable bonds is 1. The Morgan fingerprint density at radius 2 is 2.22 bits per heavy atom. The molecule has 1 aromatic rings. The number of alkyl halides is 3. The first-order valence-corrected chi connectivity index (χ1v) is 5.61. The average molecular weight is 275 g/mol. The SMILES string of the molecule is CC(=O)SCC#Cc1cnc(N)nc1C(F)(F)F. The fourth-order valence-corrected chi connectivity index (χ4v) is 1.32. The molecule has 0 saturated carbocycles. The highest BCUT2D eigenvalue weighted by atomic mass is 32.2. The lowest BCUT2D eigenvalue weighted by molar-refractivity contribution is -0.141. The second-order valence-corrected chi connectivity index (χ2v) is 4.22. The second kappa shape index (κ2) is 5.73. The summed E-state index contributed by atoms with van der Waals surface area (Å²) in [6.45, 7) is 1.35. The van der Waals surface area contributed by atoms with E-state index in [4.69, 9.17) is 5.73 Å². The van der Waals surface area contributed by atoms with Gasteiger partial charge in [-0.3, -0.25) is 4.79 Å². The van der Waals surface area contributed by atoms with Crippen LogP contribution in [-0.2, 0) is 11.0 Å². The molecule has 4 nitrogen and oxygen atoms in total. The highest BCUT2D eigenvalue weighted by Crippen LogP contribution is 2.30. The number of nitrogens with zero attached hydrogens (tertiary/aromatic N) is 2. The van der Waals surface area contributed by atoms with Crippen LogP contribution < -0.4 is 5.73 Å². The Hall–Kier alpha value is -1.75. The molecule has 8 heteroatoms. The molecule has 0 aliphatic carbocycles. The number of hydrogen-bond donors (Lipinski definition) is 1. The second-order valence-electron chi connectivity index (χ2n) is 3.07. The van der Waals surface area contributed by atoms with Crippen molar-refractivity contribution in [1.82, 2.24) is 9.97 Å². The molecule has 0 radical (unpaired) electrons. The number of anilines is 1. The summed E-state index contributed by atoms with van der Waals surface area (Å²) in [5.41, 5.74) is 3.57. The lowest BCUT2D eigenvalue weighted by Gasteiger charge is -2.07. The Morgan fingerprint density at radius 1 is 1.56 bits per heavy atom. The summed E-state index contributed by atoms with van der Waals surface area (Å²) in [6, 6.07) is 0. The highest BCUT2D eigenvalue weighted by Gasteiger charge is 2.35. The van der Waals surface area contributed by atoms with E-state index < -0.39 is 17.8 Å². The van der Waals surface area contributed by atoms with E-state index in [-0.39, 0.29) is 16.4 Å². The van der Waals surface area contributed by atoms with E-state index in [2.05, 4.69) is 21.8 Å². The van der Waals surface area contributed by atoms with E-state index in [1.807, 2.05) is 0 Å². The monoisotopic (exact) mass is 275 g/mol. The Balaban J connectivity index is 2.98. The summed E-state index contributed by atoms with van der Waals surface area (Å²) >= 11 is 0.908. The molecule has 0 unspecified atom stereocenters. The Labute approximate surface area is 105 Å². The predicted octanol–water partition coefficient (Wildman–Crippen LogP) is 1.71. The van der Waals surface area contributed by atoms with Crippen molar-refractivity contribution in [3.63, 3.8) is 0 Å². The van der Waals surface area contributed by atoms with Crippen LogP contribution >= 0.6 is 11.8 Å². The van der Waals surface area contributed by atoms with E-state index in [0.717, 1.165) is 18.0 Å². The van der Waals surface area contributed by atoms with Crippen LogP contribution in [-0.4, -0.2) is 20.8 Å². The molecular formula is C10H8F3N3OS. The standard InChI is InChI=1S/C10H8F3N3OS/c1-6(17)18-4-2-3-7-5-15-9(14)16-8(7)10(11,12)13/h5H,4H2,1H3,(H2,14,15,16). The van der Waals surface area contributed by atoms with Crippen molar-refractivity contribution < 1.29 is 18.0 Å². The van der Waals surface area contributed by atoms with E-state index in [1.54, 1.807) is 0 Å². The molecule has 96 valence electrons. The zero-order valence-corrected chi connectivity index (χ0v) is 10.0. The minimum Gasteiger partial charge on any atom is -0.368 e. The molecule has 1 aromatic heterocycles. The molecule has 2 N–H and O–H groups in total. The van der Waals surface area contributed by atoms with Crippen LogP contribution in [0.4, 0.5) is 19.1 Å². The van der Waals surface area contributed by atoms with Gasteiger partial charge in [0.25, 0.3) is 0 Å². The van der Waals surface area contributed by atoms with Crippen LogP contribution in [0.15, 0.2) is 6.20 Å². The molecule has 1 rings (SSSR count). The van der Waals surface area contributed by atoms with E-state index >= 15 is 0 Å². The van der Waals surface area contributed by atoms with Crippen molar-refractivity contribution in [2.45, 2.75) is 13.1 Å². The predicted molar refractivity (Wildman–Crippen MR) is 61.5 cm³/mol. The molecule has 0 aliphatic rings. The van der Waals surface area contributed by atoms with Crippen LogP contribution in [0, 0.1) is 11.8 Å². The van der Waals surface area contributed by atoms with Crippen molar-refractivity contribution in [3.05, 3.63) is 17.5 Å². The van der Waals surface area contributed by atoms with Crippen molar-refractivity contribution in [2.24, 2.45) is 0 Å². The summed E-state index contributed by atoms with van der Waals surface area (Å²) in [4.78, 5) is 17.2. The van der Waals surface area contributed by atoms with Crippen LogP contribution in [0.25, 0.3) is 0 Å². The maximum Gasteiger partial charge on any atom is 0.434 e. The summed E-state index contributed by atoms with van der Waals surface area (Å²) in [5.74, 6) is 4.36. The lowest BCUT2D eigenvalue weighted by atomic mass is 10.2. The van der Waals surface area contributed by atoms with Gasteiger partial charge in [0.1, 0.15) is 0 Å². The van der Waals surface area contributed by atoms with Crippen LogP contribution in [0.5, 0.6) is 0 Å². The largest absolute Gasteiger partial charge is 0.434 e. The fraction of sp³-hybridized carbons (Fsp3) is 0.300. The van der Waals surface area contributed by atoms with E-state index in [0.29, 0.717) is 0 Å². The molecule has 0 bridgehead atoms. The first kappa shape index (κ1) is 14.3. The maximum absolute atomic E-state index is 12.6. The molecular weight excluding hydrogens is 267 g/mol. The number of nitrogen functional groups attached to an aromatic ring is 1. The van der Waals surface area contributed by atoms with Gasteiger partial charge in [-0.2, -0.15) is 13.2 Å². The first-order valence-electron chi connectivity index (χ1n) is 4.62. The number of carbonyl (C=O) groups excluding carboxylic acids is 1. The summed E-state index contributed by atoms with van der Waals surface area (Å²) in [5, 5.41) is -0.158. The molecule has 0 spiro atoms. The van der Waals surface area contributed by atoms with Crippen LogP contribution in [0.1, 0.15) is 18.2 Å². The number of hydrogen-bond acceptors (Lipinski definition) is 5. The normalized spacial score (nSPS) is 10.7. The smallest absolute Gasteiger partial charge is 0.368 e. The number of nitrogens with two attached hydrogens (primary N) is 1. The zero-order valence-electron chi connectivity index (χ0n) is 9.21. The van der Waals surface area contributed by atoms with Crippen molar-refractivity contribution in [2.75, 3.05) is 11.5 Å². The first-order chi connectivity index (χ1) is 8.30. The Bertz CT molecular complexity index is 519.